The molecule has 1 N–H and O–H groups in total. The van der Waals surface area contributed by atoms with E-state index in [-0.39, 0.29) is 0 Å². The lowest BCUT2D eigenvalue weighted by atomic mass is 10.1. The third-order valence-corrected chi connectivity index (χ3v) is 3.79. The first kappa shape index (κ1) is 12.6. The van der Waals surface area contributed by atoms with Gasteiger partial charge in [-0.2, -0.15) is 0 Å². The second kappa shape index (κ2) is 6.77. The minimum atomic E-state index is 0.733. The van der Waals surface area contributed by atoms with Gasteiger partial charge in [0.25, 0.3) is 0 Å². The van der Waals surface area contributed by atoms with Crippen molar-refractivity contribution in [3.05, 3.63) is 35.9 Å². The van der Waals surface area contributed by atoms with Crippen molar-refractivity contribution < 1.29 is 0 Å². The molecule has 1 aromatic rings. The molecule has 0 aliphatic carbocycles. The number of nitrogens with one attached hydrogen (secondary N) is 1. The summed E-state index contributed by atoms with van der Waals surface area (Å²) in [6.07, 6.45) is 5.15. The fourth-order valence-corrected chi connectivity index (χ4v) is 2.60. The van der Waals surface area contributed by atoms with E-state index in [1.54, 1.807) is 0 Å². The van der Waals surface area contributed by atoms with Crippen LogP contribution in [-0.2, 0) is 6.42 Å². The summed E-state index contributed by atoms with van der Waals surface area (Å²) in [7, 11) is 2.09. The first-order valence-corrected chi connectivity index (χ1v) is 6.82. The minimum absolute atomic E-state index is 0.733. The number of likely N-dealkylation sites (tertiary alicyclic amines) is 1. The molecule has 1 aliphatic rings. The van der Waals surface area contributed by atoms with Crippen LogP contribution in [-0.4, -0.2) is 37.6 Å². The zero-order valence-corrected chi connectivity index (χ0v) is 10.9. The van der Waals surface area contributed by atoms with E-state index in [0.29, 0.717) is 0 Å². The van der Waals surface area contributed by atoms with Crippen LogP contribution < -0.4 is 5.32 Å². The maximum absolute atomic E-state index is 3.41. The van der Waals surface area contributed by atoms with E-state index in [9.17, 15) is 0 Å². The van der Waals surface area contributed by atoms with E-state index in [1.165, 1.54) is 50.9 Å². The molecule has 1 unspecified atom stereocenters. The first-order chi connectivity index (χ1) is 8.38. The first-order valence-electron chi connectivity index (χ1n) is 6.82. The highest BCUT2D eigenvalue weighted by atomic mass is 15.1. The van der Waals surface area contributed by atoms with Crippen LogP contribution in [0.25, 0.3) is 0 Å². The molecular formula is C15H24N2. The van der Waals surface area contributed by atoms with Crippen LogP contribution in [0.2, 0.25) is 0 Å². The van der Waals surface area contributed by atoms with E-state index in [4.69, 9.17) is 0 Å². The van der Waals surface area contributed by atoms with Gasteiger partial charge in [-0.25, -0.2) is 0 Å². The van der Waals surface area contributed by atoms with Gasteiger partial charge in [0, 0.05) is 12.6 Å². The van der Waals surface area contributed by atoms with Gasteiger partial charge in [0.2, 0.25) is 0 Å². The van der Waals surface area contributed by atoms with E-state index >= 15 is 0 Å². The Hall–Kier alpha value is -0.860. The summed E-state index contributed by atoms with van der Waals surface area (Å²) in [5.74, 6) is 0. The number of hydrogen-bond donors (Lipinski definition) is 1. The topological polar surface area (TPSA) is 15.3 Å². The van der Waals surface area contributed by atoms with E-state index in [2.05, 4.69) is 47.6 Å². The Kier molecular flexibility index (Phi) is 5.02. The molecule has 94 valence electrons. The fraction of sp³-hybridized carbons (Fsp3) is 0.600. The van der Waals surface area contributed by atoms with Crippen LogP contribution in [0.3, 0.4) is 0 Å². The minimum Gasteiger partial charge on any atom is -0.317 e. The highest BCUT2D eigenvalue weighted by Gasteiger charge is 2.14. The zero-order chi connectivity index (χ0) is 11.9. The van der Waals surface area contributed by atoms with Crippen LogP contribution in [0.15, 0.2) is 30.3 Å². The number of rotatable bonds is 4. The summed E-state index contributed by atoms with van der Waals surface area (Å²) in [5, 5.41) is 3.41. The largest absolute Gasteiger partial charge is 0.317 e. The molecule has 1 atom stereocenters. The SMILES string of the molecule is CNC1CCCN(CCc2ccccc2)CC1. The average molecular weight is 232 g/mol. The Balaban J connectivity index is 1.76. The highest BCUT2D eigenvalue weighted by molar-refractivity contribution is 5.14. The smallest absolute Gasteiger partial charge is 0.00767 e. The normalized spacial score (nSPS) is 22.3. The maximum atomic E-state index is 3.41. The second-order valence-electron chi connectivity index (χ2n) is 4.99. The van der Waals surface area contributed by atoms with E-state index < -0.39 is 0 Å². The van der Waals surface area contributed by atoms with Crippen molar-refractivity contribution in [1.29, 1.82) is 0 Å². The van der Waals surface area contributed by atoms with Crippen molar-refractivity contribution in [1.82, 2.24) is 10.2 Å². The van der Waals surface area contributed by atoms with E-state index in [1.807, 2.05) is 0 Å². The molecule has 0 radical (unpaired) electrons. The Bertz CT molecular complexity index is 310. The molecule has 0 bridgehead atoms. The Morgan fingerprint density at radius 1 is 1.18 bits per heavy atom. The van der Waals surface area contributed by atoms with Gasteiger partial charge in [-0.3, -0.25) is 0 Å². The Morgan fingerprint density at radius 3 is 2.76 bits per heavy atom. The number of nitrogens with zero attached hydrogens (tertiary/aromatic N) is 1. The second-order valence-corrected chi connectivity index (χ2v) is 4.99. The average Bonchev–Trinajstić information content (AvgIpc) is 2.62. The van der Waals surface area contributed by atoms with Gasteiger partial charge in [0.1, 0.15) is 0 Å². The Morgan fingerprint density at radius 2 is 2.00 bits per heavy atom. The van der Waals surface area contributed by atoms with Crippen LogP contribution in [0.4, 0.5) is 0 Å². The number of benzene rings is 1. The molecule has 17 heavy (non-hydrogen) atoms. The Labute approximate surface area is 105 Å². The van der Waals surface area contributed by atoms with Gasteiger partial charge >= 0.3 is 0 Å². The molecule has 2 rings (SSSR count). The molecule has 0 amide bonds. The third kappa shape index (κ3) is 4.14. The third-order valence-electron chi connectivity index (χ3n) is 3.79. The van der Waals surface area contributed by atoms with Crippen molar-refractivity contribution in [2.75, 3.05) is 26.7 Å². The van der Waals surface area contributed by atoms with Crippen LogP contribution in [0.1, 0.15) is 24.8 Å². The molecular weight excluding hydrogens is 208 g/mol. The lowest BCUT2D eigenvalue weighted by Crippen LogP contribution is -2.29. The van der Waals surface area contributed by atoms with Gasteiger partial charge < -0.3 is 10.2 Å². The lowest BCUT2D eigenvalue weighted by molar-refractivity contribution is 0.286. The number of hydrogen-bond acceptors (Lipinski definition) is 2. The van der Waals surface area contributed by atoms with Gasteiger partial charge in [0.15, 0.2) is 0 Å². The van der Waals surface area contributed by atoms with Crippen molar-refractivity contribution in [2.45, 2.75) is 31.7 Å². The lowest BCUT2D eigenvalue weighted by Gasteiger charge is -2.20. The molecule has 2 heteroatoms. The standard InChI is InChI=1S/C15H24N2/c1-16-15-8-5-11-17(13-10-15)12-9-14-6-3-2-4-7-14/h2-4,6-7,15-16H,5,8-13H2,1H3. The van der Waals surface area contributed by atoms with Gasteiger partial charge in [-0.15, -0.1) is 0 Å². The van der Waals surface area contributed by atoms with Crippen LogP contribution in [0, 0.1) is 0 Å². The molecule has 2 nitrogen and oxygen atoms in total. The predicted molar refractivity (Wildman–Crippen MR) is 73.3 cm³/mol. The summed E-state index contributed by atoms with van der Waals surface area (Å²) in [5.41, 5.74) is 1.46. The molecule has 1 aromatic carbocycles. The molecule has 0 spiro atoms. The maximum Gasteiger partial charge on any atom is 0.00767 e. The molecule has 1 saturated heterocycles. The van der Waals surface area contributed by atoms with Crippen molar-refractivity contribution in [3.8, 4) is 0 Å². The van der Waals surface area contributed by atoms with Gasteiger partial charge in [0.05, 0.1) is 0 Å². The summed E-state index contributed by atoms with van der Waals surface area (Å²) in [6.45, 7) is 3.73. The van der Waals surface area contributed by atoms with Gasteiger partial charge in [-0.1, -0.05) is 30.3 Å². The van der Waals surface area contributed by atoms with E-state index in [0.717, 1.165) is 6.04 Å². The molecule has 0 saturated carbocycles. The molecule has 0 aromatic heterocycles. The fourth-order valence-electron chi connectivity index (χ4n) is 2.60. The zero-order valence-electron chi connectivity index (χ0n) is 10.9. The van der Waals surface area contributed by atoms with Crippen molar-refractivity contribution >= 4 is 0 Å². The van der Waals surface area contributed by atoms with Crippen LogP contribution >= 0.6 is 0 Å². The quantitative estimate of drug-likeness (QED) is 0.857. The molecule has 1 aliphatic heterocycles. The molecule has 1 heterocycles. The van der Waals surface area contributed by atoms with Crippen LogP contribution in [0.5, 0.6) is 0 Å². The summed E-state index contributed by atoms with van der Waals surface area (Å²) >= 11 is 0. The summed E-state index contributed by atoms with van der Waals surface area (Å²) in [6, 6.07) is 11.6. The van der Waals surface area contributed by atoms with Crippen molar-refractivity contribution in [2.24, 2.45) is 0 Å². The van der Waals surface area contributed by atoms with Crippen molar-refractivity contribution in [3.63, 3.8) is 0 Å². The monoisotopic (exact) mass is 232 g/mol. The summed E-state index contributed by atoms with van der Waals surface area (Å²) < 4.78 is 0. The predicted octanol–water partition coefficient (Wildman–Crippen LogP) is 2.30. The highest BCUT2D eigenvalue weighted by Crippen LogP contribution is 2.11. The summed E-state index contributed by atoms with van der Waals surface area (Å²) in [4.78, 5) is 2.62. The van der Waals surface area contributed by atoms with Gasteiger partial charge in [-0.05, 0) is 51.4 Å². The molecule has 1 fully saturated rings.